The van der Waals surface area contributed by atoms with Gasteiger partial charge in [0, 0.05) is 11.0 Å². The maximum Gasteiger partial charge on any atom is 0.125 e. The molecule has 1 aromatic rings. The molecule has 0 aromatic heterocycles. The maximum absolute atomic E-state index is 5.28. The molecule has 90 valence electrons. The largest absolute Gasteiger partial charge is 0.497 e. The average Bonchev–Trinajstić information content (AvgIpc) is 2.55. The van der Waals surface area contributed by atoms with Crippen molar-refractivity contribution in [1.82, 2.24) is 0 Å². The predicted octanol–water partition coefficient (Wildman–Crippen LogP) is 3.42. The lowest BCUT2D eigenvalue weighted by atomic mass is 9.86. The van der Waals surface area contributed by atoms with Crippen molar-refractivity contribution in [2.75, 3.05) is 14.2 Å². The first-order chi connectivity index (χ1) is 8.08. The van der Waals surface area contributed by atoms with E-state index in [1.54, 1.807) is 20.5 Å². The van der Waals surface area contributed by atoms with E-state index in [0.29, 0.717) is 0 Å². The fourth-order valence-corrected chi connectivity index (χ4v) is 2.39. The Morgan fingerprint density at radius 3 is 2.71 bits per heavy atom. The lowest BCUT2D eigenvalue weighted by Gasteiger charge is -2.17. The summed E-state index contributed by atoms with van der Waals surface area (Å²) in [6.07, 6.45) is 2.65. The molecule has 0 aliphatic heterocycles. The van der Waals surface area contributed by atoms with Gasteiger partial charge in [-0.2, -0.15) is 0 Å². The van der Waals surface area contributed by atoms with E-state index in [1.807, 2.05) is 6.07 Å². The minimum absolute atomic E-state index is 0.101. The molecule has 17 heavy (non-hydrogen) atoms. The molecule has 0 atom stereocenters. The van der Waals surface area contributed by atoms with E-state index < -0.39 is 0 Å². The Morgan fingerprint density at radius 2 is 2.06 bits per heavy atom. The normalized spacial score (nSPS) is 16.1. The van der Waals surface area contributed by atoms with Crippen molar-refractivity contribution < 1.29 is 9.47 Å². The Kier molecular flexibility index (Phi) is 2.99. The summed E-state index contributed by atoms with van der Waals surface area (Å²) >= 11 is 0. The summed E-state index contributed by atoms with van der Waals surface area (Å²) in [5.41, 5.74) is 7.11. The van der Waals surface area contributed by atoms with Gasteiger partial charge < -0.3 is 9.47 Å². The molecule has 0 spiro atoms. The summed E-state index contributed by atoms with van der Waals surface area (Å²) in [6, 6.07) is 6.23. The molecule has 2 rings (SSSR count). The van der Waals surface area contributed by atoms with Gasteiger partial charge in [0.1, 0.15) is 12.0 Å². The number of hydrogen-bond donors (Lipinski definition) is 0. The molecule has 0 amide bonds. The van der Waals surface area contributed by atoms with Crippen LogP contribution in [0.1, 0.15) is 25.0 Å². The van der Waals surface area contributed by atoms with Crippen molar-refractivity contribution in [3.8, 4) is 5.75 Å². The zero-order valence-corrected chi connectivity index (χ0v) is 10.8. The number of fused-ring (bicyclic) bond motifs is 1. The van der Waals surface area contributed by atoms with E-state index in [0.717, 1.165) is 12.2 Å². The minimum atomic E-state index is 0.101. The molecule has 1 aliphatic carbocycles. The Morgan fingerprint density at radius 1 is 1.29 bits per heavy atom. The second-order valence-corrected chi connectivity index (χ2v) is 4.96. The van der Waals surface area contributed by atoms with Crippen molar-refractivity contribution in [2.24, 2.45) is 5.41 Å². The Bertz CT molecular complexity index is 492. The van der Waals surface area contributed by atoms with Crippen molar-refractivity contribution in [2.45, 2.75) is 20.3 Å². The summed E-state index contributed by atoms with van der Waals surface area (Å²) in [7, 11) is 3.33. The first-order valence-electron chi connectivity index (χ1n) is 5.74. The fourth-order valence-electron chi connectivity index (χ4n) is 2.39. The quantitative estimate of drug-likeness (QED) is 0.572. The van der Waals surface area contributed by atoms with Gasteiger partial charge >= 0.3 is 0 Å². The number of benzene rings is 1. The van der Waals surface area contributed by atoms with Crippen molar-refractivity contribution >= 4 is 5.57 Å². The number of allylic oxidation sites excluding steroid dienone is 1. The topological polar surface area (TPSA) is 18.5 Å². The summed E-state index contributed by atoms with van der Waals surface area (Å²) in [5.74, 6) is 0.887. The molecular weight excluding hydrogens is 212 g/mol. The van der Waals surface area contributed by atoms with Crippen molar-refractivity contribution in [1.29, 1.82) is 0 Å². The maximum atomic E-state index is 5.28. The van der Waals surface area contributed by atoms with Crippen LogP contribution in [-0.4, -0.2) is 14.2 Å². The highest BCUT2D eigenvalue weighted by molar-refractivity contribution is 5.77. The molecule has 0 saturated heterocycles. The van der Waals surface area contributed by atoms with Crippen LogP contribution in [0.15, 0.2) is 30.2 Å². The van der Waals surface area contributed by atoms with E-state index in [2.05, 4.69) is 31.7 Å². The second-order valence-electron chi connectivity index (χ2n) is 4.96. The predicted molar refractivity (Wildman–Crippen MR) is 69.0 cm³/mol. The number of ether oxygens (including phenoxy) is 2. The molecule has 0 radical (unpaired) electrons. The third-order valence-corrected chi connectivity index (χ3v) is 3.22. The number of methoxy groups -OCH3 is 2. The molecule has 0 bridgehead atoms. The van der Waals surface area contributed by atoms with Gasteiger partial charge in [0.15, 0.2) is 0 Å². The van der Waals surface area contributed by atoms with E-state index in [9.17, 15) is 0 Å². The number of rotatable bonds is 2. The first kappa shape index (κ1) is 11.8. The Hall–Kier alpha value is -1.66. The number of hydrogen-bond acceptors (Lipinski definition) is 2. The fraction of sp³-hybridized carbons (Fsp3) is 0.400. The first-order valence-corrected chi connectivity index (χ1v) is 5.74. The van der Waals surface area contributed by atoms with Gasteiger partial charge in [0.2, 0.25) is 0 Å². The molecule has 2 heteroatoms. The molecule has 0 N–H and O–H groups in total. The Labute approximate surface area is 103 Å². The van der Waals surface area contributed by atoms with Gasteiger partial charge in [-0.25, -0.2) is 0 Å². The third-order valence-electron chi connectivity index (χ3n) is 3.22. The lowest BCUT2D eigenvalue weighted by Crippen LogP contribution is -2.08. The summed E-state index contributed by atoms with van der Waals surface area (Å²) in [5, 5.41) is 0. The molecule has 1 aliphatic rings. The standard InChI is InChI=1S/C15H18O2/c1-15(2)10-11-5-6-12(17-4)9-13(11)14(15)7-8-16-3/h5-6,8-9H,10H2,1-4H3. The third kappa shape index (κ3) is 2.09. The smallest absolute Gasteiger partial charge is 0.125 e. The van der Waals surface area contributed by atoms with Crippen LogP contribution in [0.4, 0.5) is 0 Å². The highest BCUT2D eigenvalue weighted by Gasteiger charge is 2.33. The summed E-state index contributed by atoms with van der Waals surface area (Å²) < 4.78 is 10.3. The Balaban J connectivity index is 2.58. The van der Waals surface area contributed by atoms with Crippen LogP contribution in [-0.2, 0) is 11.2 Å². The van der Waals surface area contributed by atoms with Crippen LogP contribution in [0.3, 0.4) is 0 Å². The van der Waals surface area contributed by atoms with Crippen molar-refractivity contribution in [3.63, 3.8) is 0 Å². The van der Waals surface area contributed by atoms with E-state index in [-0.39, 0.29) is 5.41 Å². The second kappa shape index (κ2) is 4.31. The van der Waals surface area contributed by atoms with Crippen LogP contribution >= 0.6 is 0 Å². The monoisotopic (exact) mass is 230 g/mol. The average molecular weight is 230 g/mol. The van der Waals surface area contributed by atoms with Crippen LogP contribution < -0.4 is 4.74 Å². The zero-order valence-electron chi connectivity index (χ0n) is 10.8. The SMILES string of the molecule is COC=C=C1c2cc(OC)ccc2CC1(C)C. The summed E-state index contributed by atoms with van der Waals surface area (Å²) in [6.45, 7) is 4.45. The van der Waals surface area contributed by atoms with Gasteiger partial charge in [-0.1, -0.05) is 25.6 Å². The molecule has 0 heterocycles. The highest BCUT2D eigenvalue weighted by Crippen LogP contribution is 2.46. The zero-order chi connectivity index (χ0) is 12.5. The van der Waals surface area contributed by atoms with E-state index >= 15 is 0 Å². The van der Waals surface area contributed by atoms with E-state index in [4.69, 9.17) is 9.47 Å². The summed E-state index contributed by atoms with van der Waals surface area (Å²) in [4.78, 5) is 0. The van der Waals surface area contributed by atoms with Crippen molar-refractivity contribution in [3.05, 3.63) is 41.3 Å². The highest BCUT2D eigenvalue weighted by atomic mass is 16.5. The molecule has 0 fully saturated rings. The van der Waals surface area contributed by atoms with Crippen LogP contribution in [0.5, 0.6) is 5.75 Å². The molecule has 1 aromatic carbocycles. The van der Waals surface area contributed by atoms with Crippen LogP contribution in [0.25, 0.3) is 5.57 Å². The molecule has 2 nitrogen and oxygen atoms in total. The lowest BCUT2D eigenvalue weighted by molar-refractivity contribution is 0.338. The molecule has 0 unspecified atom stereocenters. The minimum Gasteiger partial charge on any atom is -0.497 e. The van der Waals surface area contributed by atoms with E-state index in [1.165, 1.54) is 16.7 Å². The van der Waals surface area contributed by atoms with Gasteiger partial charge in [-0.15, -0.1) is 0 Å². The van der Waals surface area contributed by atoms with Gasteiger partial charge in [-0.3, -0.25) is 0 Å². The molecular formula is C15H18O2. The van der Waals surface area contributed by atoms with Gasteiger partial charge in [0.05, 0.1) is 14.2 Å². The molecule has 0 saturated carbocycles. The van der Waals surface area contributed by atoms with Gasteiger partial charge in [0.25, 0.3) is 0 Å². The van der Waals surface area contributed by atoms with Crippen LogP contribution in [0.2, 0.25) is 0 Å². The van der Waals surface area contributed by atoms with Crippen LogP contribution in [0, 0.1) is 5.41 Å². The van der Waals surface area contributed by atoms with Gasteiger partial charge in [-0.05, 0) is 29.7 Å².